The van der Waals surface area contributed by atoms with Crippen LogP contribution in [-0.2, 0) is 16.0 Å². The Morgan fingerprint density at radius 3 is 2.68 bits per heavy atom. The lowest BCUT2D eigenvalue weighted by atomic mass is 10.1. The molecule has 0 saturated carbocycles. The van der Waals surface area contributed by atoms with Gasteiger partial charge in [-0.3, -0.25) is 9.59 Å². The van der Waals surface area contributed by atoms with Crippen molar-refractivity contribution >= 4 is 17.6 Å². The van der Waals surface area contributed by atoms with Crippen molar-refractivity contribution in [2.24, 2.45) is 0 Å². The normalized spacial score (nSPS) is 9.37. The van der Waals surface area contributed by atoms with Crippen molar-refractivity contribution in [2.45, 2.75) is 33.1 Å². The molecule has 4 heteroatoms. The van der Waals surface area contributed by atoms with Crippen LogP contribution in [0.25, 0.3) is 0 Å². The lowest BCUT2D eigenvalue weighted by Gasteiger charge is -2.07. The molecule has 1 amide bonds. The Morgan fingerprint density at radius 1 is 1.37 bits per heavy atom. The fourth-order valence-corrected chi connectivity index (χ4v) is 1.56. The number of hydrogen-bond donors (Lipinski definition) is 2. The number of carboxylic acids is 1. The van der Waals surface area contributed by atoms with Gasteiger partial charge < -0.3 is 10.4 Å². The molecule has 2 N–H and O–H groups in total. The van der Waals surface area contributed by atoms with E-state index in [-0.39, 0.29) is 12.3 Å². The first-order valence-electron chi connectivity index (χ1n) is 6.14. The molecule has 1 rings (SSSR count). The van der Waals surface area contributed by atoms with Gasteiger partial charge in [-0.1, -0.05) is 24.8 Å². The van der Waals surface area contributed by atoms with Gasteiger partial charge in [0.15, 0.2) is 0 Å². The minimum absolute atomic E-state index is 0.0742. The van der Waals surface area contributed by atoms with Gasteiger partial charge >= 0.3 is 5.97 Å². The van der Waals surface area contributed by atoms with Crippen molar-refractivity contribution in [3.05, 3.63) is 29.3 Å². The van der Waals surface area contributed by atoms with Crippen LogP contribution in [0.3, 0.4) is 0 Å². The van der Waals surface area contributed by atoms with E-state index in [1.165, 1.54) is 6.92 Å². The van der Waals surface area contributed by atoms with Crippen LogP contribution in [0.15, 0.2) is 18.2 Å². The molecule has 0 heterocycles. The standard InChI is InChI=1S/C15H17NO3/c1-3-4-5-6-13-8-7-12(10-15(18)19)9-14(13)16-11(2)17/h7-9H,3-4,10H2,1-2H3,(H,16,17)(H,18,19). The zero-order valence-corrected chi connectivity index (χ0v) is 11.1. The molecule has 0 radical (unpaired) electrons. The van der Waals surface area contributed by atoms with Gasteiger partial charge in [-0.05, 0) is 24.1 Å². The first-order valence-corrected chi connectivity index (χ1v) is 6.14. The van der Waals surface area contributed by atoms with Crippen LogP contribution in [0.1, 0.15) is 37.8 Å². The Bertz CT molecular complexity index is 538. The number of carbonyl (C=O) groups excluding carboxylic acids is 1. The molecule has 0 aliphatic heterocycles. The maximum Gasteiger partial charge on any atom is 0.307 e. The quantitative estimate of drug-likeness (QED) is 0.816. The third-order valence-corrected chi connectivity index (χ3v) is 2.35. The highest BCUT2D eigenvalue weighted by Gasteiger charge is 2.06. The number of rotatable bonds is 4. The van der Waals surface area contributed by atoms with Crippen molar-refractivity contribution in [1.29, 1.82) is 0 Å². The van der Waals surface area contributed by atoms with E-state index in [4.69, 9.17) is 5.11 Å². The Balaban J connectivity index is 3.06. The third-order valence-electron chi connectivity index (χ3n) is 2.35. The van der Waals surface area contributed by atoms with Crippen LogP contribution < -0.4 is 5.32 Å². The summed E-state index contributed by atoms with van der Waals surface area (Å²) in [7, 11) is 0. The SMILES string of the molecule is CCCC#Cc1ccc(CC(=O)O)cc1NC(C)=O. The predicted molar refractivity (Wildman–Crippen MR) is 73.9 cm³/mol. The molecular formula is C15H17NO3. The minimum atomic E-state index is -0.904. The molecular weight excluding hydrogens is 242 g/mol. The number of carbonyl (C=O) groups is 2. The number of amides is 1. The van der Waals surface area contributed by atoms with Crippen molar-refractivity contribution in [3.8, 4) is 11.8 Å². The summed E-state index contributed by atoms with van der Waals surface area (Å²) in [5.74, 6) is 4.89. The van der Waals surface area contributed by atoms with E-state index in [9.17, 15) is 9.59 Å². The van der Waals surface area contributed by atoms with Crippen LogP contribution in [0.2, 0.25) is 0 Å². The summed E-state index contributed by atoms with van der Waals surface area (Å²) in [6, 6.07) is 5.12. The number of carboxylic acid groups (broad SMARTS) is 1. The summed E-state index contributed by atoms with van der Waals surface area (Å²) < 4.78 is 0. The van der Waals surface area contributed by atoms with Crippen molar-refractivity contribution < 1.29 is 14.7 Å². The zero-order chi connectivity index (χ0) is 14.3. The van der Waals surface area contributed by atoms with Crippen LogP contribution in [-0.4, -0.2) is 17.0 Å². The number of aliphatic carboxylic acids is 1. The number of hydrogen-bond acceptors (Lipinski definition) is 2. The van der Waals surface area contributed by atoms with Crippen LogP contribution >= 0.6 is 0 Å². The van der Waals surface area contributed by atoms with Gasteiger partial charge in [0.2, 0.25) is 5.91 Å². The molecule has 0 fully saturated rings. The topological polar surface area (TPSA) is 66.4 Å². The van der Waals surface area contributed by atoms with Crippen molar-refractivity contribution in [3.63, 3.8) is 0 Å². The Hall–Kier alpha value is -2.28. The minimum Gasteiger partial charge on any atom is -0.481 e. The second-order valence-corrected chi connectivity index (χ2v) is 4.18. The molecule has 0 saturated heterocycles. The maximum absolute atomic E-state index is 11.2. The molecule has 1 aromatic rings. The average molecular weight is 259 g/mol. The maximum atomic E-state index is 11.2. The van der Waals surface area contributed by atoms with Gasteiger partial charge in [-0.25, -0.2) is 0 Å². The van der Waals surface area contributed by atoms with E-state index in [1.54, 1.807) is 18.2 Å². The number of benzene rings is 1. The molecule has 0 aliphatic carbocycles. The van der Waals surface area contributed by atoms with E-state index < -0.39 is 5.97 Å². The summed E-state index contributed by atoms with van der Waals surface area (Å²) in [6.07, 6.45) is 1.69. The smallest absolute Gasteiger partial charge is 0.307 e. The first-order chi connectivity index (χ1) is 9.02. The third kappa shape index (κ3) is 5.26. The second-order valence-electron chi connectivity index (χ2n) is 4.18. The van der Waals surface area contributed by atoms with Crippen LogP contribution in [0.4, 0.5) is 5.69 Å². The van der Waals surface area contributed by atoms with Crippen LogP contribution in [0, 0.1) is 11.8 Å². The molecule has 0 atom stereocenters. The Morgan fingerprint density at radius 2 is 2.11 bits per heavy atom. The molecule has 19 heavy (non-hydrogen) atoms. The average Bonchev–Trinajstić information content (AvgIpc) is 2.30. The van der Waals surface area contributed by atoms with E-state index in [0.717, 1.165) is 12.8 Å². The molecule has 1 aromatic carbocycles. The fraction of sp³-hybridized carbons (Fsp3) is 0.333. The largest absolute Gasteiger partial charge is 0.481 e. The van der Waals surface area contributed by atoms with E-state index in [2.05, 4.69) is 17.2 Å². The zero-order valence-electron chi connectivity index (χ0n) is 11.1. The van der Waals surface area contributed by atoms with E-state index in [0.29, 0.717) is 16.8 Å². The Kier molecular flexibility index (Phi) is 5.62. The highest BCUT2D eigenvalue weighted by atomic mass is 16.4. The summed E-state index contributed by atoms with van der Waals surface area (Å²) in [4.78, 5) is 21.8. The number of unbranched alkanes of at least 4 members (excludes halogenated alkanes) is 1. The van der Waals surface area contributed by atoms with Crippen molar-refractivity contribution in [2.75, 3.05) is 5.32 Å². The number of anilines is 1. The lowest BCUT2D eigenvalue weighted by Crippen LogP contribution is -2.08. The van der Waals surface area contributed by atoms with Gasteiger partial charge in [0.05, 0.1) is 12.1 Å². The molecule has 0 aliphatic rings. The highest BCUT2D eigenvalue weighted by molar-refractivity contribution is 5.90. The predicted octanol–water partition coefficient (Wildman–Crippen LogP) is 2.42. The molecule has 0 unspecified atom stereocenters. The molecule has 0 spiro atoms. The Labute approximate surface area is 112 Å². The summed E-state index contributed by atoms with van der Waals surface area (Å²) in [5, 5.41) is 11.4. The van der Waals surface area contributed by atoms with Gasteiger partial charge in [0.1, 0.15) is 0 Å². The monoisotopic (exact) mass is 259 g/mol. The van der Waals surface area contributed by atoms with Gasteiger partial charge in [0.25, 0.3) is 0 Å². The highest BCUT2D eigenvalue weighted by Crippen LogP contribution is 2.17. The molecule has 0 aromatic heterocycles. The molecule has 100 valence electrons. The van der Waals surface area contributed by atoms with Crippen molar-refractivity contribution in [1.82, 2.24) is 0 Å². The lowest BCUT2D eigenvalue weighted by molar-refractivity contribution is -0.136. The van der Waals surface area contributed by atoms with E-state index in [1.807, 2.05) is 6.92 Å². The summed E-state index contributed by atoms with van der Waals surface area (Å²) in [5.41, 5.74) is 1.91. The molecule has 4 nitrogen and oxygen atoms in total. The van der Waals surface area contributed by atoms with Gasteiger partial charge in [-0.2, -0.15) is 0 Å². The summed E-state index contributed by atoms with van der Waals surface area (Å²) >= 11 is 0. The molecule has 0 bridgehead atoms. The first kappa shape index (κ1) is 14.8. The van der Waals surface area contributed by atoms with Crippen LogP contribution in [0.5, 0.6) is 0 Å². The van der Waals surface area contributed by atoms with Gasteiger partial charge in [0, 0.05) is 18.9 Å². The van der Waals surface area contributed by atoms with E-state index >= 15 is 0 Å². The summed E-state index contributed by atoms with van der Waals surface area (Å²) in [6.45, 7) is 3.45. The number of nitrogens with one attached hydrogen (secondary N) is 1. The fourth-order valence-electron chi connectivity index (χ4n) is 1.56. The van der Waals surface area contributed by atoms with Gasteiger partial charge in [-0.15, -0.1) is 0 Å². The second kappa shape index (κ2) is 7.22.